The van der Waals surface area contributed by atoms with Crippen LogP contribution >= 0.6 is 0 Å². The van der Waals surface area contributed by atoms with Crippen LogP contribution in [0.4, 0.5) is 0 Å². The Bertz CT molecular complexity index is 1010. The number of carbonyl (C=O) groups excluding carboxylic acids is 2. The minimum absolute atomic E-state index is 0.0595. The number of nitrogens with one attached hydrogen (secondary N) is 1. The van der Waals surface area contributed by atoms with Gasteiger partial charge in [-0.25, -0.2) is 0 Å². The lowest BCUT2D eigenvalue weighted by Crippen LogP contribution is -2.50. The molecule has 0 aromatic heterocycles. The van der Waals surface area contributed by atoms with Crippen molar-refractivity contribution in [3.8, 4) is 0 Å². The van der Waals surface area contributed by atoms with Crippen LogP contribution in [0.15, 0.2) is 78.9 Å². The van der Waals surface area contributed by atoms with Gasteiger partial charge < -0.3 is 10.2 Å². The van der Waals surface area contributed by atoms with Crippen LogP contribution in [0.25, 0.3) is 0 Å². The third kappa shape index (κ3) is 6.29. The normalized spacial score (nSPS) is 11.6. The molecule has 0 heterocycles. The highest BCUT2D eigenvalue weighted by atomic mass is 16.2. The average molecular weight is 415 g/mol. The number of amides is 2. The third-order valence-electron chi connectivity index (χ3n) is 5.43. The van der Waals surface area contributed by atoms with Gasteiger partial charge in [0, 0.05) is 20.0 Å². The molecule has 3 aromatic carbocycles. The predicted molar refractivity (Wildman–Crippen MR) is 125 cm³/mol. The van der Waals surface area contributed by atoms with Crippen LogP contribution in [0.2, 0.25) is 0 Å². The molecule has 3 rings (SSSR count). The van der Waals surface area contributed by atoms with Gasteiger partial charge in [-0.05, 0) is 30.5 Å². The van der Waals surface area contributed by atoms with Crippen molar-refractivity contribution in [3.05, 3.63) is 107 Å². The van der Waals surface area contributed by atoms with Crippen LogP contribution < -0.4 is 5.32 Å². The number of aryl methyl sites for hydroxylation is 2. The molecule has 0 saturated carbocycles. The molecule has 1 atom stereocenters. The molecular weight excluding hydrogens is 384 g/mol. The lowest BCUT2D eigenvalue weighted by Gasteiger charge is -2.31. The Hall–Kier alpha value is -3.40. The largest absolute Gasteiger partial charge is 0.357 e. The highest BCUT2D eigenvalue weighted by Crippen LogP contribution is 2.17. The summed E-state index contributed by atoms with van der Waals surface area (Å²) in [6.07, 6.45) is 0.724. The van der Waals surface area contributed by atoms with E-state index in [9.17, 15) is 9.59 Å². The van der Waals surface area contributed by atoms with Gasteiger partial charge in [-0.2, -0.15) is 0 Å². The number of likely N-dealkylation sites (N-methyl/N-ethyl adjacent to an activating group) is 1. The first-order chi connectivity index (χ1) is 15.0. The summed E-state index contributed by atoms with van der Waals surface area (Å²) in [5.74, 6) is -0.218. The van der Waals surface area contributed by atoms with Crippen molar-refractivity contribution in [1.29, 1.82) is 0 Å². The quantitative estimate of drug-likeness (QED) is 0.600. The van der Waals surface area contributed by atoms with E-state index in [4.69, 9.17) is 0 Å². The van der Waals surface area contributed by atoms with E-state index in [0.717, 1.165) is 27.8 Å². The van der Waals surface area contributed by atoms with Crippen LogP contribution in [0.3, 0.4) is 0 Å². The van der Waals surface area contributed by atoms with E-state index in [1.165, 1.54) is 0 Å². The fourth-order valence-electron chi connectivity index (χ4n) is 3.71. The van der Waals surface area contributed by atoms with Gasteiger partial charge in [0.05, 0.1) is 6.42 Å². The van der Waals surface area contributed by atoms with E-state index < -0.39 is 6.04 Å². The number of hydrogen-bond acceptors (Lipinski definition) is 2. The van der Waals surface area contributed by atoms with Crippen molar-refractivity contribution in [1.82, 2.24) is 10.2 Å². The highest BCUT2D eigenvalue weighted by Gasteiger charge is 2.29. The number of rotatable bonds is 8. The van der Waals surface area contributed by atoms with Gasteiger partial charge in [-0.15, -0.1) is 0 Å². The second-order valence-corrected chi connectivity index (χ2v) is 7.99. The number of benzene rings is 3. The zero-order valence-electron chi connectivity index (χ0n) is 18.5. The summed E-state index contributed by atoms with van der Waals surface area (Å²) in [5, 5.41) is 2.76. The van der Waals surface area contributed by atoms with Crippen molar-refractivity contribution in [3.63, 3.8) is 0 Å². The van der Waals surface area contributed by atoms with E-state index in [0.29, 0.717) is 13.0 Å². The second-order valence-electron chi connectivity index (χ2n) is 7.99. The van der Waals surface area contributed by atoms with E-state index in [1.807, 2.05) is 92.7 Å². The topological polar surface area (TPSA) is 49.4 Å². The third-order valence-corrected chi connectivity index (χ3v) is 5.43. The smallest absolute Gasteiger partial charge is 0.242 e. The lowest BCUT2D eigenvalue weighted by atomic mass is 10.0. The molecule has 0 spiro atoms. The van der Waals surface area contributed by atoms with Gasteiger partial charge in [-0.3, -0.25) is 9.59 Å². The van der Waals surface area contributed by atoms with Crippen molar-refractivity contribution >= 4 is 11.8 Å². The van der Waals surface area contributed by atoms with Crippen molar-refractivity contribution in [2.24, 2.45) is 0 Å². The first-order valence-electron chi connectivity index (χ1n) is 10.6. The van der Waals surface area contributed by atoms with Crippen molar-refractivity contribution < 1.29 is 9.59 Å². The minimum Gasteiger partial charge on any atom is -0.357 e. The summed E-state index contributed by atoms with van der Waals surface area (Å²) in [4.78, 5) is 28.1. The van der Waals surface area contributed by atoms with Crippen LogP contribution in [0.5, 0.6) is 0 Å². The second kappa shape index (κ2) is 10.6. The summed E-state index contributed by atoms with van der Waals surface area (Å²) in [6, 6.07) is 25.3. The molecule has 2 amide bonds. The zero-order chi connectivity index (χ0) is 22.2. The summed E-state index contributed by atoms with van der Waals surface area (Å²) < 4.78 is 0. The van der Waals surface area contributed by atoms with E-state index in [1.54, 1.807) is 11.9 Å². The van der Waals surface area contributed by atoms with Gasteiger partial charge >= 0.3 is 0 Å². The van der Waals surface area contributed by atoms with E-state index >= 15 is 0 Å². The maximum atomic E-state index is 13.5. The van der Waals surface area contributed by atoms with Crippen LogP contribution in [-0.2, 0) is 29.0 Å². The standard InChI is InChI=1S/C27H30N2O2/c1-20-12-14-23(15-13-20)19-29(26(30)18-24-11-7-8-21(2)16-24)25(27(31)28-3)17-22-9-5-4-6-10-22/h4-16,25H,17-19H2,1-3H3,(H,28,31)/t25-/m1/s1. The van der Waals surface area contributed by atoms with Crippen molar-refractivity contribution in [2.45, 2.75) is 39.3 Å². The van der Waals surface area contributed by atoms with Gasteiger partial charge in [-0.1, -0.05) is 90.0 Å². The summed E-state index contributed by atoms with van der Waals surface area (Å²) in [6.45, 7) is 4.43. The van der Waals surface area contributed by atoms with Crippen LogP contribution in [0.1, 0.15) is 27.8 Å². The maximum Gasteiger partial charge on any atom is 0.242 e. The number of carbonyl (C=O) groups is 2. The Morgan fingerprint density at radius 2 is 1.48 bits per heavy atom. The molecule has 0 aliphatic rings. The first-order valence-corrected chi connectivity index (χ1v) is 10.6. The fourth-order valence-corrected chi connectivity index (χ4v) is 3.71. The SMILES string of the molecule is CNC(=O)[C@@H](Cc1ccccc1)N(Cc1ccc(C)cc1)C(=O)Cc1cccc(C)c1. The molecule has 1 N–H and O–H groups in total. The molecule has 3 aromatic rings. The molecule has 0 radical (unpaired) electrons. The molecule has 0 bridgehead atoms. The van der Waals surface area contributed by atoms with Gasteiger partial charge in [0.25, 0.3) is 0 Å². The number of nitrogens with zero attached hydrogens (tertiary/aromatic N) is 1. The molecule has 0 saturated heterocycles. The van der Waals surface area contributed by atoms with E-state index in [-0.39, 0.29) is 18.2 Å². The Balaban J connectivity index is 1.93. The molecule has 31 heavy (non-hydrogen) atoms. The summed E-state index contributed by atoms with van der Waals surface area (Å²) in [5.41, 5.74) is 5.25. The van der Waals surface area contributed by atoms with Crippen LogP contribution in [-0.4, -0.2) is 29.8 Å². The van der Waals surface area contributed by atoms with Gasteiger partial charge in [0.15, 0.2) is 0 Å². The zero-order valence-corrected chi connectivity index (χ0v) is 18.5. The monoisotopic (exact) mass is 414 g/mol. The molecule has 0 fully saturated rings. The molecule has 0 aliphatic carbocycles. The average Bonchev–Trinajstić information content (AvgIpc) is 2.77. The van der Waals surface area contributed by atoms with Crippen molar-refractivity contribution in [2.75, 3.05) is 7.05 Å². The highest BCUT2D eigenvalue weighted by molar-refractivity contribution is 5.88. The van der Waals surface area contributed by atoms with E-state index in [2.05, 4.69) is 5.32 Å². The Morgan fingerprint density at radius 3 is 2.13 bits per heavy atom. The fraction of sp³-hybridized carbons (Fsp3) is 0.259. The Morgan fingerprint density at radius 1 is 0.806 bits per heavy atom. The Kier molecular flexibility index (Phi) is 7.60. The minimum atomic E-state index is -0.592. The molecule has 0 aliphatic heterocycles. The molecule has 4 nitrogen and oxygen atoms in total. The van der Waals surface area contributed by atoms with Crippen LogP contribution in [0, 0.1) is 13.8 Å². The first kappa shape index (κ1) is 22.3. The molecule has 0 unspecified atom stereocenters. The molecule has 160 valence electrons. The maximum absolute atomic E-state index is 13.5. The summed E-state index contributed by atoms with van der Waals surface area (Å²) in [7, 11) is 1.62. The van der Waals surface area contributed by atoms with Gasteiger partial charge in [0.1, 0.15) is 6.04 Å². The molecule has 4 heteroatoms. The molecular formula is C27H30N2O2. The lowest BCUT2D eigenvalue weighted by molar-refractivity contribution is -0.140. The van der Waals surface area contributed by atoms with Gasteiger partial charge in [0.2, 0.25) is 11.8 Å². The predicted octanol–water partition coefficient (Wildman–Crippen LogP) is 4.23. The number of hydrogen-bond donors (Lipinski definition) is 1. The summed E-state index contributed by atoms with van der Waals surface area (Å²) >= 11 is 0. The Labute approximate surface area is 184 Å².